The predicted octanol–water partition coefficient (Wildman–Crippen LogP) is 4.31. The third-order valence-corrected chi connectivity index (χ3v) is 7.28. The molecule has 3 aliphatic carbocycles. The first kappa shape index (κ1) is 17.7. The Morgan fingerprint density at radius 3 is 2.42 bits per heavy atom. The molecule has 134 valence electrons. The molecule has 7 unspecified atom stereocenters. The van der Waals surface area contributed by atoms with Crippen molar-refractivity contribution >= 4 is 6.29 Å². The molecule has 0 spiro atoms. The highest BCUT2D eigenvalue weighted by atomic mass is 16.1. The molecule has 2 N–H and O–H groups in total. The molecule has 0 bridgehead atoms. The smallest absolute Gasteiger partial charge is 0.120 e. The van der Waals surface area contributed by atoms with Crippen molar-refractivity contribution in [2.75, 3.05) is 0 Å². The molecule has 3 fully saturated rings. The molecule has 7 atom stereocenters. The van der Waals surface area contributed by atoms with Crippen LogP contribution in [0.3, 0.4) is 0 Å². The summed E-state index contributed by atoms with van der Waals surface area (Å²) in [5, 5.41) is 1.86. The minimum absolute atomic E-state index is 0.398. The maximum atomic E-state index is 11.0. The van der Waals surface area contributed by atoms with Crippen molar-refractivity contribution in [3.05, 3.63) is 24.9 Å². The molecule has 0 saturated heterocycles. The van der Waals surface area contributed by atoms with E-state index in [2.05, 4.69) is 25.7 Å². The quantitative estimate of drug-likeness (QED) is 0.342. The average Bonchev–Trinajstić information content (AvgIpc) is 3.02. The van der Waals surface area contributed by atoms with Crippen LogP contribution in [0.1, 0.15) is 58.3 Å². The number of allylic oxidation sites excluding steroid dienone is 1. The number of rotatable bonds is 6. The van der Waals surface area contributed by atoms with E-state index in [0.717, 1.165) is 42.8 Å². The van der Waals surface area contributed by atoms with Crippen molar-refractivity contribution < 1.29 is 4.79 Å². The molecule has 3 heteroatoms. The molecule has 0 amide bonds. The van der Waals surface area contributed by atoms with Gasteiger partial charge in [0.05, 0.1) is 6.04 Å². The zero-order chi connectivity index (χ0) is 17.1. The highest BCUT2D eigenvalue weighted by Gasteiger charge is 2.50. The van der Waals surface area contributed by atoms with Crippen molar-refractivity contribution in [2.24, 2.45) is 41.4 Å². The Kier molecular flexibility index (Phi) is 5.80. The molecule has 3 aliphatic rings. The van der Waals surface area contributed by atoms with Crippen LogP contribution in [0.5, 0.6) is 0 Å². The maximum absolute atomic E-state index is 11.0. The van der Waals surface area contributed by atoms with E-state index in [1.807, 2.05) is 5.01 Å². The Hall–Kier alpha value is -1.09. The Balaban J connectivity index is 1.79. The molecule has 24 heavy (non-hydrogen) atoms. The van der Waals surface area contributed by atoms with Gasteiger partial charge in [-0.05, 0) is 74.5 Å². The Morgan fingerprint density at radius 2 is 1.71 bits per heavy atom. The van der Waals surface area contributed by atoms with Crippen LogP contribution < -0.4 is 5.84 Å². The van der Waals surface area contributed by atoms with Crippen molar-refractivity contribution in [3.63, 3.8) is 0 Å². The largest absolute Gasteiger partial charge is 0.315 e. The number of hydrogen-bond acceptors (Lipinski definition) is 3. The van der Waals surface area contributed by atoms with Crippen LogP contribution in [0.4, 0.5) is 0 Å². The van der Waals surface area contributed by atoms with Crippen LogP contribution in [0, 0.1) is 35.5 Å². The number of hydrazine groups is 1. The fraction of sp³-hybridized carbons (Fsp3) is 0.762. The lowest BCUT2D eigenvalue weighted by atomic mass is 9.57. The average molecular weight is 331 g/mol. The van der Waals surface area contributed by atoms with E-state index in [0.29, 0.717) is 17.9 Å². The number of aldehydes is 1. The minimum atomic E-state index is 0.398. The topological polar surface area (TPSA) is 46.3 Å². The van der Waals surface area contributed by atoms with Gasteiger partial charge in [0.25, 0.3) is 0 Å². The van der Waals surface area contributed by atoms with E-state index in [4.69, 9.17) is 5.84 Å². The second-order valence-electron chi connectivity index (χ2n) is 8.16. The molecule has 0 heterocycles. The van der Waals surface area contributed by atoms with Crippen molar-refractivity contribution in [1.82, 2.24) is 5.01 Å². The summed E-state index contributed by atoms with van der Waals surface area (Å²) in [7, 11) is 0. The van der Waals surface area contributed by atoms with E-state index in [1.165, 1.54) is 38.5 Å². The third-order valence-electron chi connectivity index (χ3n) is 7.28. The Bertz CT molecular complexity index is 474. The lowest BCUT2D eigenvalue weighted by Gasteiger charge is -2.51. The standard InChI is InChI=1S/C21H34N2O/c1-3-5-6-20-19-10-9-16-15(13-14-24)7-8-17(16)18(19)11-12-21(20)23(22)4-2/h4-6,14-21H,2-3,7-13,22H2,1H3/b6-5-. The summed E-state index contributed by atoms with van der Waals surface area (Å²) in [6.07, 6.45) is 17.3. The summed E-state index contributed by atoms with van der Waals surface area (Å²) in [5.74, 6) is 10.7. The fourth-order valence-corrected chi connectivity index (χ4v) is 6.29. The maximum Gasteiger partial charge on any atom is 0.120 e. The summed E-state index contributed by atoms with van der Waals surface area (Å²) in [6, 6.07) is 0.398. The molecule has 0 aromatic heterocycles. The number of fused-ring (bicyclic) bond motifs is 3. The normalized spacial score (nSPS) is 41.7. The van der Waals surface area contributed by atoms with Gasteiger partial charge in [0.15, 0.2) is 0 Å². The van der Waals surface area contributed by atoms with Crippen LogP contribution in [-0.4, -0.2) is 17.3 Å². The summed E-state index contributed by atoms with van der Waals surface area (Å²) >= 11 is 0. The molecule has 0 aromatic rings. The highest BCUT2D eigenvalue weighted by Crippen LogP contribution is 2.57. The second-order valence-corrected chi connectivity index (χ2v) is 8.16. The van der Waals surface area contributed by atoms with Gasteiger partial charge in [0.2, 0.25) is 0 Å². The van der Waals surface area contributed by atoms with Gasteiger partial charge >= 0.3 is 0 Å². The van der Waals surface area contributed by atoms with E-state index in [9.17, 15) is 4.79 Å². The summed E-state index contributed by atoms with van der Waals surface area (Å²) < 4.78 is 0. The molecule has 0 aliphatic heterocycles. The third kappa shape index (κ3) is 3.20. The number of carbonyl (C=O) groups is 1. The fourth-order valence-electron chi connectivity index (χ4n) is 6.29. The summed E-state index contributed by atoms with van der Waals surface area (Å²) in [6.45, 7) is 6.09. The van der Waals surface area contributed by atoms with Crippen molar-refractivity contribution in [3.8, 4) is 0 Å². The molecule has 3 rings (SSSR count). The predicted molar refractivity (Wildman–Crippen MR) is 98.8 cm³/mol. The molecule has 0 aromatic carbocycles. The van der Waals surface area contributed by atoms with Crippen molar-refractivity contribution in [1.29, 1.82) is 0 Å². The highest BCUT2D eigenvalue weighted by molar-refractivity contribution is 5.50. The van der Waals surface area contributed by atoms with E-state index in [1.54, 1.807) is 6.20 Å². The monoisotopic (exact) mass is 330 g/mol. The van der Waals surface area contributed by atoms with Gasteiger partial charge in [-0.15, -0.1) is 0 Å². The SMILES string of the molecule is C=CN(N)C1CCC2C(CCC3C(CC=O)CCC32)C1/C=C\CC. The summed E-state index contributed by atoms with van der Waals surface area (Å²) in [5.41, 5.74) is 0. The first-order valence-electron chi connectivity index (χ1n) is 9.97. The second kappa shape index (κ2) is 7.86. The first-order valence-corrected chi connectivity index (χ1v) is 9.97. The van der Waals surface area contributed by atoms with Crippen LogP contribution >= 0.6 is 0 Å². The number of hydrogen-bond donors (Lipinski definition) is 1. The molecule has 3 saturated carbocycles. The van der Waals surface area contributed by atoms with Crippen LogP contribution in [-0.2, 0) is 4.79 Å². The van der Waals surface area contributed by atoms with Gasteiger partial charge in [0.1, 0.15) is 6.29 Å². The van der Waals surface area contributed by atoms with Crippen LogP contribution in [0.15, 0.2) is 24.9 Å². The molecule has 3 nitrogen and oxygen atoms in total. The van der Waals surface area contributed by atoms with Gasteiger partial charge in [-0.1, -0.05) is 25.7 Å². The number of nitrogens with zero attached hydrogens (tertiary/aromatic N) is 1. The zero-order valence-electron chi connectivity index (χ0n) is 15.1. The van der Waals surface area contributed by atoms with Crippen LogP contribution in [0.2, 0.25) is 0 Å². The van der Waals surface area contributed by atoms with Gasteiger partial charge in [-0.25, -0.2) is 5.84 Å². The zero-order valence-corrected chi connectivity index (χ0v) is 15.1. The first-order chi connectivity index (χ1) is 11.7. The summed E-state index contributed by atoms with van der Waals surface area (Å²) in [4.78, 5) is 11.0. The van der Waals surface area contributed by atoms with E-state index < -0.39 is 0 Å². The Labute approximate surface area is 147 Å². The van der Waals surface area contributed by atoms with E-state index >= 15 is 0 Å². The minimum Gasteiger partial charge on any atom is -0.315 e. The van der Waals surface area contributed by atoms with Gasteiger partial charge in [0, 0.05) is 18.5 Å². The van der Waals surface area contributed by atoms with Gasteiger partial charge in [-0.2, -0.15) is 0 Å². The van der Waals surface area contributed by atoms with Crippen molar-refractivity contribution in [2.45, 2.75) is 64.3 Å². The Morgan fingerprint density at radius 1 is 1.04 bits per heavy atom. The van der Waals surface area contributed by atoms with Gasteiger partial charge < -0.3 is 9.80 Å². The lowest BCUT2D eigenvalue weighted by Crippen LogP contribution is -2.51. The number of carbonyl (C=O) groups excluding carboxylic acids is 1. The molecular weight excluding hydrogens is 296 g/mol. The molecule has 0 radical (unpaired) electrons. The number of nitrogens with two attached hydrogens (primary N) is 1. The van der Waals surface area contributed by atoms with E-state index in [-0.39, 0.29) is 0 Å². The molecular formula is C21H34N2O. The van der Waals surface area contributed by atoms with Gasteiger partial charge in [-0.3, -0.25) is 0 Å². The van der Waals surface area contributed by atoms with Crippen LogP contribution in [0.25, 0.3) is 0 Å². The lowest BCUT2D eigenvalue weighted by molar-refractivity contribution is -0.109.